The molecule has 0 spiro atoms. The molecular weight excluding hydrogens is 234 g/mol. The molecule has 0 bridgehead atoms. The van der Waals surface area contributed by atoms with Gasteiger partial charge in [0.2, 0.25) is 0 Å². The van der Waals surface area contributed by atoms with Crippen molar-refractivity contribution in [1.29, 1.82) is 0 Å². The van der Waals surface area contributed by atoms with Crippen LogP contribution in [0.5, 0.6) is 0 Å². The molecule has 1 aromatic carbocycles. The number of fused-ring (bicyclic) bond motifs is 1. The third-order valence-electron chi connectivity index (χ3n) is 3.66. The highest BCUT2D eigenvalue weighted by molar-refractivity contribution is 5.32. The van der Waals surface area contributed by atoms with E-state index in [9.17, 15) is 0 Å². The zero-order chi connectivity index (χ0) is 13.5. The van der Waals surface area contributed by atoms with Gasteiger partial charge in [-0.25, -0.2) is 0 Å². The lowest BCUT2D eigenvalue weighted by molar-refractivity contribution is 0.157. The molecule has 2 nitrogen and oxygen atoms in total. The molecule has 104 valence electrons. The van der Waals surface area contributed by atoms with E-state index < -0.39 is 0 Å². The summed E-state index contributed by atoms with van der Waals surface area (Å²) in [5.41, 5.74) is 4.17. The molecule has 2 heteroatoms. The Bertz CT molecular complexity index is 413. The van der Waals surface area contributed by atoms with Crippen molar-refractivity contribution in [1.82, 2.24) is 5.32 Å². The van der Waals surface area contributed by atoms with E-state index in [1.54, 1.807) is 11.1 Å². The van der Waals surface area contributed by atoms with Crippen molar-refractivity contribution in [3.8, 4) is 0 Å². The highest BCUT2D eigenvalue weighted by Gasteiger charge is 2.18. The molecule has 0 fully saturated rings. The van der Waals surface area contributed by atoms with Gasteiger partial charge in [-0.3, -0.25) is 0 Å². The second-order valence-corrected chi connectivity index (χ2v) is 5.50. The summed E-state index contributed by atoms with van der Waals surface area (Å²) in [4.78, 5) is 0. The molecule has 0 aromatic heterocycles. The van der Waals surface area contributed by atoms with Crippen LogP contribution in [0.2, 0.25) is 0 Å². The van der Waals surface area contributed by atoms with Gasteiger partial charge in [-0.15, -0.1) is 0 Å². The van der Waals surface area contributed by atoms with Gasteiger partial charge in [0.1, 0.15) is 0 Å². The van der Waals surface area contributed by atoms with E-state index in [2.05, 4.69) is 36.2 Å². The Morgan fingerprint density at radius 2 is 2.26 bits per heavy atom. The molecule has 0 saturated heterocycles. The molecule has 1 aliphatic rings. The Morgan fingerprint density at radius 1 is 1.42 bits per heavy atom. The SMILES string of the molecule is C=C(C)COCCNCC1CCCc2ccccc21. The molecule has 2 rings (SSSR count). The summed E-state index contributed by atoms with van der Waals surface area (Å²) < 4.78 is 5.49. The summed E-state index contributed by atoms with van der Waals surface area (Å²) in [6.45, 7) is 9.24. The van der Waals surface area contributed by atoms with Crippen LogP contribution in [0.15, 0.2) is 36.4 Å². The van der Waals surface area contributed by atoms with Gasteiger partial charge in [-0.05, 0) is 43.2 Å². The van der Waals surface area contributed by atoms with Crippen LogP contribution in [-0.4, -0.2) is 26.3 Å². The second-order valence-electron chi connectivity index (χ2n) is 5.50. The number of ether oxygens (including phenoxy) is 1. The molecule has 1 atom stereocenters. The van der Waals surface area contributed by atoms with Crippen LogP contribution in [0.3, 0.4) is 0 Å². The lowest BCUT2D eigenvalue weighted by Gasteiger charge is -2.25. The van der Waals surface area contributed by atoms with Gasteiger partial charge < -0.3 is 10.1 Å². The van der Waals surface area contributed by atoms with Crippen LogP contribution in [0.25, 0.3) is 0 Å². The van der Waals surface area contributed by atoms with E-state index in [1.165, 1.54) is 19.3 Å². The molecule has 1 unspecified atom stereocenters. The van der Waals surface area contributed by atoms with E-state index in [-0.39, 0.29) is 0 Å². The average Bonchev–Trinajstić information content (AvgIpc) is 2.42. The van der Waals surface area contributed by atoms with Crippen molar-refractivity contribution in [2.45, 2.75) is 32.1 Å². The maximum atomic E-state index is 5.49. The number of rotatable bonds is 7. The van der Waals surface area contributed by atoms with E-state index in [4.69, 9.17) is 4.74 Å². The van der Waals surface area contributed by atoms with Gasteiger partial charge in [0.05, 0.1) is 13.2 Å². The Labute approximate surface area is 116 Å². The van der Waals surface area contributed by atoms with E-state index in [1.807, 2.05) is 6.92 Å². The molecular formula is C17H25NO. The fourth-order valence-electron chi connectivity index (χ4n) is 2.73. The maximum Gasteiger partial charge on any atom is 0.0672 e. The van der Waals surface area contributed by atoms with Crippen LogP contribution in [0.1, 0.15) is 36.8 Å². The fraction of sp³-hybridized carbons (Fsp3) is 0.529. The van der Waals surface area contributed by atoms with Crippen LogP contribution in [-0.2, 0) is 11.2 Å². The topological polar surface area (TPSA) is 21.3 Å². The van der Waals surface area contributed by atoms with Gasteiger partial charge in [-0.1, -0.05) is 36.4 Å². The van der Waals surface area contributed by atoms with Crippen LogP contribution in [0, 0.1) is 0 Å². The molecule has 1 aliphatic carbocycles. The molecule has 0 radical (unpaired) electrons. The monoisotopic (exact) mass is 259 g/mol. The maximum absolute atomic E-state index is 5.49. The standard InChI is InChI=1S/C17H25NO/c1-14(2)13-19-11-10-18-12-16-8-5-7-15-6-3-4-9-17(15)16/h3-4,6,9,16,18H,1,5,7-8,10-13H2,2H3. The van der Waals surface area contributed by atoms with Gasteiger partial charge in [-0.2, -0.15) is 0 Å². The van der Waals surface area contributed by atoms with Crippen LogP contribution in [0.4, 0.5) is 0 Å². The van der Waals surface area contributed by atoms with Gasteiger partial charge in [0, 0.05) is 13.1 Å². The zero-order valence-electron chi connectivity index (χ0n) is 12.0. The minimum absolute atomic E-state index is 0.672. The lowest BCUT2D eigenvalue weighted by Crippen LogP contribution is -2.27. The van der Waals surface area contributed by atoms with E-state index in [0.717, 1.165) is 25.3 Å². The van der Waals surface area contributed by atoms with Crippen molar-refractivity contribution >= 4 is 0 Å². The second kappa shape index (κ2) is 7.46. The first kappa shape index (κ1) is 14.3. The molecule has 1 aromatic rings. The zero-order valence-corrected chi connectivity index (χ0v) is 12.0. The smallest absolute Gasteiger partial charge is 0.0672 e. The van der Waals surface area contributed by atoms with Gasteiger partial charge >= 0.3 is 0 Å². The van der Waals surface area contributed by atoms with E-state index in [0.29, 0.717) is 12.5 Å². The Balaban J connectivity index is 1.71. The Morgan fingerprint density at radius 3 is 3.11 bits per heavy atom. The molecule has 19 heavy (non-hydrogen) atoms. The highest BCUT2D eigenvalue weighted by atomic mass is 16.5. The van der Waals surface area contributed by atoms with Crippen molar-refractivity contribution in [3.63, 3.8) is 0 Å². The molecule has 0 amide bonds. The van der Waals surface area contributed by atoms with Crippen molar-refractivity contribution in [2.75, 3.05) is 26.3 Å². The van der Waals surface area contributed by atoms with Crippen molar-refractivity contribution < 1.29 is 4.74 Å². The lowest BCUT2D eigenvalue weighted by atomic mass is 9.83. The van der Waals surface area contributed by atoms with Crippen LogP contribution < -0.4 is 5.32 Å². The fourth-order valence-corrected chi connectivity index (χ4v) is 2.73. The van der Waals surface area contributed by atoms with Gasteiger partial charge in [0.15, 0.2) is 0 Å². The minimum atomic E-state index is 0.672. The Kier molecular flexibility index (Phi) is 5.62. The van der Waals surface area contributed by atoms with Crippen molar-refractivity contribution in [2.24, 2.45) is 0 Å². The third kappa shape index (κ3) is 4.48. The third-order valence-corrected chi connectivity index (χ3v) is 3.66. The summed E-state index contributed by atoms with van der Waals surface area (Å²) in [7, 11) is 0. The predicted molar refractivity (Wildman–Crippen MR) is 80.6 cm³/mol. The molecule has 0 aliphatic heterocycles. The largest absolute Gasteiger partial charge is 0.376 e. The van der Waals surface area contributed by atoms with E-state index >= 15 is 0 Å². The highest BCUT2D eigenvalue weighted by Crippen LogP contribution is 2.30. The molecule has 0 saturated carbocycles. The normalized spacial score (nSPS) is 18.1. The number of aryl methyl sites for hydroxylation is 1. The summed E-state index contributed by atoms with van der Waals surface area (Å²) in [6.07, 6.45) is 3.86. The predicted octanol–water partition coefficient (Wildman–Crippen LogP) is 3.29. The summed E-state index contributed by atoms with van der Waals surface area (Å²) in [5, 5.41) is 3.52. The molecule has 0 heterocycles. The summed E-state index contributed by atoms with van der Waals surface area (Å²) in [6, 6.07) is 8.88. The number of hydrogen-bond donors (Lipinski definition) is 1. The summed E-state index contributed by atoms with van der Waals surface area (Å²) in [5.74, 6) is 0.672. The van der Waals surface area contributed by atoms with Crippen LogP contribution >= 0.6 is 0 Å². The molecule has 1 N–H and O–H groups in total. The summed E-state index contributed by atoms with van der Waals surface area (Å²) >= 11 is 0. The minimum Gasteiger partial charge on any atom is -0.376 e. The first-order valence-corrected chi connectivity index (χ1v) is 7.28. The first-order valence-electron chi connectivity index (χ1n) is 7.28. The Hall–Kier alpha value is -1.12. The van der Waals surface area contributed by atoms with Crippen molar-refractivity contribution in [3.05, 3.63) is 47.5 Å². The average molecular weight is 259 g/mol. The van der Waals surface area contributed by atoms with Gasteiger partial charge in [0.25, 0.3) is 0 Å². The number of hydrogen-bond acceptors (Lipinski definition) is 2. The number of nitrogens with one attached hydrogen (secondary N) is 1. The quantitative estimate of drug-likeness (QED) is 0.599. The first-order chi connectivity index (χ1) is 9.27. The number of benzene rings is 1.